The molecular formula is C11H23NO. The Balaban J connectivity index is 4.34. The second-order valence-corrected chi connectivity index (χ2v) is 4.42. The first-order chi connectivity index (χ1) is 5.80. The standard InChI is InChI=1S/C11H23NO/c1-7-11(6,13)8-12(9(2)3)10(4)5/h7,9-10,13H,1,8H2,2-6H3. The molecule has 0 saturated carbocycles. The van der Waals surface area contributed by atoms with Crippen LogP contribution in [0.4, 0.5) is 0 Å². The van der Waals surface area contributed by atoms with E-state index >= 15 is 0 Å². The number of hydrogen-bond acceptors (Lipinski definition) is 2. The van der Waals surface area contributed by atoms with Crippen LogP contribution in [0.25, 0.3) is 0 Å². The molecule has 0 aliphatic heterocycles. The van der Waals surface area contributed by atoms with Crippen LogP contribution in [0.15, 0.2) is 12.7 Å². The monoisotopic (exact) mass is 185 g/mol. The van der Waals surface area contributed by atoms with Gasteiger partial charge in [0, 0.05) is 18.6 Å². The third-order valence-electron chi connectivity index (χ3n) is 2.27. The topological polar surface area (TPSA) is 23.5 Å². The Morgan fingerprint density at radius 2 is 1.69 bits per heavy atom. The van der Waals surface area contributed by atoms with Gasteiger partial charge in [0.2, 0.25) is 0 Å². The van der Waals surface area contributed by atoms with Crippen molar-refractivity contribution in [1.82, 2.24) is 4.90 Å². The molecule has 0 saturated heterocycles. The van der Waals surface area contributed by atoms with Crippen LogP contribution in [-0.4, -0.2) is 34.2 Å². The average molecular weight is 185 g/mol. The van der Waals surface area contributed by atoms with Crippen LogP contribution in [0, 0.1) is 0 Å². The van der Waals surface area contributed by atoms with Gasteiger partial charge < -0.3 is 5.11 Å². The zero-order valence-electron chi connectivity index (χ0n) is 9.54. The van der Waals surface area contributed by atoms with Gasteiger partial charge in [0.25, 0.3) is 0 Å². The van der Waals surface area contributed by atoms with Crippen LogP contribution in [0.2, 0.25) is 0 Å². The highest BCUT2D eigenvalue weighted by Gasteiger charge is 2.23. The zero-order chi connectivity index (χ0) is 10.6. The van der Waals surface area contributed by atoms with Gasteiger partial charge in [0.15, 0.2) is 0 Å². The summed E-state index contributed by atoms with van der Waals surface area (Å²) >= 11 is 0. The van der Waals surface area contributed by atoms with Gasteiger partial charge in [0.05, 0.1) is 5.60 Å². The molecule has 1 unspecified atom stereocenters. The summed E-state index contributed by atoms with van der Waals surface area (Å²) in [6, 6.07) is 0.901. The minimum Gasteiger partial charge on any atom is -0.385 e. The summed E-state index contributed by atoms with van der Waals surface area (Å²) in [5.41, 5.74) is -0.783. The predicted octanol–water partition coefficient (Wildman–Crippen LogP) is 2.04. The quantitative estimate of drug-likeness (QED) is 0.663. The van der Waals surface area contributed by atoms with Crippen LogP contribution in [0.5, 0.6) is 0 Å². The normalized spacial score (nSPS) is 16.7. The van der Waals surface area contributed by atoms with E-state index in [1.165, 1.54) is 0 Å². The highest BCUT2D eigenvalue weighted by molar-refractivity contribution is 4.95. The van der Waals surface area contributed by atoms with Gasteiger partial charge in [-0.25, -0.2) is 0 Å². The second kappa shape index (κ2) is 4.77. The van der Waals surface area contributed by atoms with Crippen molar-refractivity contribution in [2.45, 2.75) is 52.3 Å². The van der Waals surface area contributed by atoms with Crippen molar-refractivity contribution in [2.24, 2.45) is 0 Å². The minimum atomic E-state index is -0.783. The molecule has 13 heavy (non-hydrogen) atoms. The van der Waals surface area contributed by atoms with Gasteiger partial charge in [-0.1, -0.05) is 6.08 Å². The summed E-state index contributed by atoms with van der Waals surface area (Å²) in [6.07, 6.45) is 1.60. The molecule has 0 aromatic heterocycles. The van der Waals surface area contributed by atoms with Crippen molar-refractivity contribution >= 4 is 0 Å². The third kappa shape index (κ3) is 4.44. The van der Waals surface area contributed by atoms with Crippen molar-refractivity contribution in [2.75, 3.05) is 6.54 Å². The van der Waals surface area contributed by atoms with E-state index in [4.69, 9.17) is 0 Å². The van der Waals surface area contributed by atoms with Crippen LogP contribution < -0.4 is 0 Å². The summed E-state index contributed by atoms with van der Waals surface area (Å²) in [6.45, 7) is 14.6. The molecule has 0 heterocycles. The summed E-state index contributed by atoms with van der Waals surface area (Å²) in [5.74, 6) is 0. The van der Waals surface area contributed by atoms with Crippen LogP contribution in [0.3, 0.4) is 0 Å². The Labute approximate surface area is 82.3 Å². The molecule has 0 fully saturated rings. The number of rotatable bonds is 5. The van der Waals surface area contributed by atoms with Gasteiger partial charge in [-0.3, -0.25) is 4.90 Å². The van der Waals surface area contributed by atoms with E-state index < -0.39 is 5.60 Å². The molecule has 0 aromatic rings. The lowest BCUT2D eigenvalue weighted by atomic mass is 10.0. The van der Waals surface area contributed by atoms with Gasteiger partial charge in [-0.05, 0) is 34.6 Å². The molecule has 1 atom stereocenters. The first-order valence-electron chi connectivity index (χ1n) is 4.92. The fraction of sp³-hybridized carbons (Fsp3) is 0.818. The Kier molecular flexibility index (Phi) is 4.65. The summed E-state index contributed by atoms with van der Waals surface area (Å²) in [7, 11) is 0. The maximum absolute atomic E-state index is 9.83. The van der Waals surface area contributed by atoms with E-state index in [0.717, 1.165) is 0 Å². The molecule has 0 aromatic carbocycles. The summed E-state index contributed by atoms with van der Waals surface area (Å²) < 4.78 is 0. The molecule has 0 bridgehead atoms. The van der Waals surface area contributed by atoms with Crippen molar-refractivity contribution < 1.29 is 5.11 Å². The minimum absolute atomic E-state index is 0.450. The Hall–Kier alpha value is -0.340. The largest absolute Gasteiger partial charge is 0.385 e. The van der Waals surface area contributed by atoms with E-state index in [2.05, 4.69) is 39.2 Å². The molecule has 0 aliphatic rings. The van der Waals surface area contributed by atoms with E-state index in [1.54, 1.807) is 13.0 Å². The lowest BCUT2D eigenvalue weighted by Gasteiger charge is -2.35. The summed E-state index contributed by atoms with van der Waals surface area (Å²) in [4.78, 5) is 2.25. The first-order valence-corrected chi connectivity index (χ1v) is 4.92. The SMILES string of the molecule is C=CC(C)(O)CN(C(C)C)C(C)C. The molecule has 1 N–H and O–H groups in total. The van der Waals surface area contributed by atoms with E-state index in [-0.39, 0.29) is 0 Å². The molecule has 0 aliphatic carbocycles. The molecule has 2 heteroatoms. The molecule has 78 valence electrons. The van der Waals surface area contributed by atoms with Gasteiger partial charge in [-0.2, -0.15) is 0 Å². The van der Waals surface area contributed by atoms with Crippen LogP contribution in [-0.2, 0) is 0 Å². The molecular weight excluding hydrogens is 162 g/mol. The summed E-state index contributed by atoms with van der Waals surface area (Å²) in [5, 5.41) is 9.83. The third-order valence-corrected chi connectivity index (χ3v) is 2.27. The molecule has 0 spiro atoms. The number of aliphatic hydroxyl groups is 1. The van der Waals surface area contributed by atoms with E-state index in [1.807, 2.05) is 0 Å². The predicted molar refractivity (Wildman–Crippen MR) is 57.8 cm³/mol. The van der Waals surface area contributed by atoms with Crippen molar-refractivity contribution in [3.05, 3.63) is 12.7 Å². The lowest BCUT2D eigenvalue weighted by molar-refractivity contribution is 0.0350. The van der Waals surface area contributed by atoms with E-state index in [9.17, 15) is 5.11 Å². The highest BCUT2D eigenvalue weighted by Crippen LogP contribution is 2.13. The maximum atomic E-state index is 9.83. The first kappa shape index (κ1) is 12.7. The molecule has 2 nitrogen and oxygen atoms in total. The second-order valence-electron chi connectivity index (χ2n) is 4.42. The zero-order valence-corrected chi connectivity index (χ0v) is 9.54. The Bertz CT molecular complexity index is 153. The van der Waals surface area contributed by atoms with Gasteiger partial charge in [-0.15, -0.1) is 6.58 Å². The van der Waals surface area contributed by atoms with Crippen molar-refractivity contribution in [1.29, 1.82) is 0 Å². The highest BCUT2D eigenvalue weighted by atomic mass is 16.3. The fourth-order valence-electron chi connectivity index (χ4n) is 1.40. The fourth-order valence-corrected chi connectivity index (χ4v) is 1.40. The van der Waals surface area contributed by atoms with Gasteiger partial charge >= 0.3 is 0 Å². The molecule has 0 rings (SSSR count). The Morgan fingerprint density at radius 1 is 1.31 bits per heavy atom. The smallest absolute Gasteiger partial charge is 0.0923 e. The van der Waals surface area contributed by atoms with Crippen LogP contribution >= 0.6 is 0 Å². The number of hydrogen-bond donors (Lipinski definition) is 1. The lowest BCUT2D eigenvalue weighted by Crippen LogP contribution is -2.46. The molecule has 0 radical (unpaired) electrons. The van der Waals surface area contributed by atoms with Crippen LogP contribution in [0.1, 0.15) is 34.6 Å². The van der Waals surface area contributed by atoms with E-state index in [0.29, 0.717) is 18.6 Å². The Morgan fingerprint density at radius 3 is 1.92 bits per heavy atom. The molecule has 0 amide bonds. The average Bonchev–Trinajstić information content (AvgIpc) is 1.99. The van der Waals surface area contributed by atoms with Gasteiger partial charge in [0.1, 0.15) is 0 Å². The van der Waals surface area contributed by atoms with Crippen molar-refractivity contribution in [3.63, 3.8) is 0 Å². The number of nitrogens with zero attached hydrogens (tertiary/aromatic N) is 1. The van der Waals surface area contributed by atoms with Crippen molar-refractivity contribution in [3.8, 4) is 0 Å². The maximum Gasteiger partial charge on any atom is 0.0923 e.